The summed E-state index contributed by atoms with van der Waals surface area (Å²) in [6.07, 6.45) is 1.08. The molecule has 0 aromatic heterocycles. The number of anilines is 1. The molecule has 1 saturated heterocycles. The Kier molecular flexibility index (Phi) is 4.43. The molecule has 146 valence electrons. The van der Waals surface area contributed by atoms with Crippen molar-refractivity contribution < 1.29 is 22.4 Å². The van der Waals surface area contributed by atoms with Gasteiger partial charge in [0, 0.05) is 25.2 Å². The van der Waals surface area contributed by atoms with E-state index in [9.17, 15) is 22.4 Å². The number of carbonyl (C=O) groups excluding carboxylic acids is 2. The molecule has 1 N–H and O–H groups in total. The molecule has 2 amide bonds. The fourth-order valence-corrected chi connectivity index (χ4v) is 4.42. The Morgan fingerprint density at radius 3 is 2.54 bits per heavy atom. The summed E-state index contributed by atoms with van der Waals surface area (Å²) in [4.78, 5) is 27.1. The lowest BCUT2D eigenvalue weighted by atomic mass is 10.0. The van der Waals surface area contributed by atoms with Gasteiger partial charge in [-0.15, -0.1) is 0 Å². The number of hydrogen-bond acceptors (Lipinski definition) is 4. The number of nitrogens with one attached hydrogen (secondary N) is 1. The van der Waals surface area contributed by atoms with Crippen molar-refractivity contribution in [2.75, 3.05) is 31.2 Å². The molecule has 7 nitrogen and oxygen atoms in total. The second-order valence-corrected chi connectivity index (χ2v) is 8.85. The maximum atomic E-state index is 14.1. The van der Waals surface area contributed by atoms with Crippen molar-refractivity contribution in [1.29, 1.82) is 0 Å². The lowest BCUT2D eigenvalue weighted by Gasteiger charge is -2.38. The first-order valence-corrected chi connectivity index (χ1v) is 10.6. The van der Waals surface area contributed by atoms with Crippen LogP contribution in [0.1, 0.15) is 10.4 Å². The third-order valence-electron chi connectivity index (χ3n) is 5.07. The fourth-order valence-electron chi connectivity index (χ4n) is 3.59. The third-order valence-corrected chi connectivity index (χ3v) is 6.34. The van der Waals surface area contributed by atoms with Gasteiger partial charge < -0.3 is 10.2 Å². The van der Waals surface area contributed by atoms with E-state index in [0.717, 1.165) is 6.26 Å². The summed E-state index contributed by atoms with van der Waals surface area (Å²) in [5.41, 5.74) is 1.46. The van der Waals surface area contributed by atoms with Gasteiger partial charge in [0.1, 0.15) is 11.9 Å². The number of fused-ring (bicyclic) bond motifs is 2. The minimum atomic E-state index is -3.47. The topological polar surface area (TPSA) is 86.8 Å². The highest BCUT2D eigenvalue weighted by Crippen LogP contribution is 2.31. The van der Waals surface area contributed by atoms with Crippen LogP contribution in [0.25, 0.3) is 11.1 Å². The lowest BCUT2D eigenvalue weighted by molar-refractivity contribution is -0.121. The molecular weight excluding hydrogens is 385 g/mol. The van der Waals surface area contributed by atoms with Crippen LogP contribution >= 0.6 is 0 Å². The van der Waals surface area contributed by atoms with Crippen molar-refractivity contribution in [2.45, 2.75) is 6.04 Å². The van der Waals surface area contributed by atoms with Crippen LogP contribution in [0.5, 0.6) is 0 Å². The quantitative estimate of drug-likeness (QED) is 0.824. The molecule has 4 rings (SSSR count). The number of hydrogen-bond donors (Lipinski definition) is 1. The molecule has 28 heavy (non-hydrogen) atoms. The van der Waals surface area contributed by atoms with Crippen LogP contribution < -0.4 is 5.32 Å². The van der Waals surface area contributed by atoms with Crippen molar-refractivity contribution in [3.63, 3.8) is 0 Å². The van der Waals surface area contributed by atoms with Crippen LogP contribution in [0.4, 0.5) is 10.1 Å². The van der Waals surface area contributed by atoms with Crippen molar-refractivity contribution in [2.24, 2.45) is 0 Å². The van der Waals surface area contributed by atoms with Gasteiger partial charge in [0.15, 0.2) is 0 Å². The number of sulfonamides is 1. The van der Waals surface area contributed by atoms with Crippen molar-refractivity contribution in [3.05, 3.63) is 53.8 Å². The highest BCUT2D eigenvalue weighted by atomic mass is 32.2. The van der Waals surface area contributed by atoms with Gasteiger partial charge in [-0.1, -0.05) is 24.3 Å². The number of rotatable bonds is 2. The highest BCUT2D eigenvalue weighted by Gasteiger charge is 2.41. The molecule has 0 spiro atoms. The molecule has 0 radical (unpaired) electrons. The predicted molar refractivity (Wildman–Crippen MR) is 102 cm³/mol. The maximum Gasteiger partial charge on any atom is 0.256 e. The molecule has 0 saturated carbocycles. The molecule has 2 aliphatic heterocycles. The van der Waals surface area contributed by atoms with Gasteiger partial charge in [-0.2, -0.15) is 4.31 Å². The predicted octanol–water partition coefficient (Wildman–Crippen LogP) is 1.53. The number of amides is 2. The van der Waals surface area contributed by atoms with Gasteiger partial charge in [-0.3, -0.25) is 9.59 Å². The van der Waals surface area contributed by atoms with E-state index in [4.69, 9.17) is 0 Å². The summed E-state index contributed by atoms with van der Waals surface area (Å²) in [7, 11) is -3.47. The van der Waals surface area contributed by atoms with Gasteiger partial charge in [0.05, 0.1) is 17.5 Å². The maximum absolute atomic E-state index is 14.1. The molecule has 2 heterocycles. The van der Waals surface area contributed by atoms with E-state index in [0.29, 0.717) is 16.8 Å². The van der Waals surface area contributed by atoms with Crippen LogP contribution in [0, 0.1) is 5.82 Å². The summed E-state index contributed by atoms with van der Waals surface area (Å²) < 4.78 is 39.0. The van der Waals surface area contributed by atoms with Crippen molar-refractivity contribution >= 4 is 27.5 Å². The first kappa shape index (κ1) is 18.6. The second kappa shape index (κ2) is 6.68. The van der Waals surface area contributed by atoms with Crippen LogP contribution in [0.15, 0.2) is 42.5 Å². The van der Waals surface area contributed by atoms with E-state index < -0.39 is 27.8 Å². The number of piperazine rings is 1. The minimum absolute atomic E-state index is 0.0927. The summed E-state index contributed by atoms with van der Waals surface area (Å²) >= 11 is 0. The Balaban J connectivity index is 1.73. The van der Waals surface area contributed by atoms with Crippen LogP contribution in [-0.4, -0.2) is 61.4 Å². The third kappa shape index (κ3) is 3.16. The normalized spacial score (nSPS) is 20.2. The standard InChI is InChI=1S/C19H18FN3O4S/c1-28(26,27)22-8-9-23-17(11-22)18(24)21-16-7-6-12(10-14(16)19(23)25)13-4-2-3-5-15(13)20/h2-7,10,17H,8-9,11H2,1H3,(H,21,24). The number of halogens is 1. The smallest absolute Gasteiger partial charge is 0.256 e. The average molecular weight is 403 g/mol. The van der Waals surface area contributed by atoms with Gasteiger partial charge in [-0.05, 0) is 23.8 Å². The molecule has 1 atom stereocenters. The number of nitrogens with zero attached hydrogens (tertiary/aromatic N) is 2. The van der Waals surface area contributed by atoms with Crippen LogP contribution in [-0.2, 0) is 14.8 Å². The molecule has 2 aromatic rings. The largest absolute Gasteiger partial charge is 0.324 e. The van der Waals surface area contributed by atoms with E-state index in [1.54, 1.807) is 36.4 Å². The van der Waals surface area contributed by atoms with Gasteiger partial charge in [0.25, 0.3) is 5.91 Å². The average Bonchev–Trinajstić information content (AvgIpc) is 2.76. The summed E-state index contributed by atoms with van der Waals surface area (Å²) in [6.45, 7) is 0.134. The van der Waals surface area contributed by atoms with E-state index >= 15 is 0 Å². The van der Waals surface area contributed by atoms with E-state index in [1.165, 1.54) is 15.3 Å². The molecule has 2 aromatic carbocycles. The summed E-state index contributed by atoms with van der Waals surface area (Å²) in [6, 6.07) is 10.1. The Morgan fingerprint density at radius 1 is 1.07 bits per heavy atom. The van der Waals surface area contributed by atoms with Crippen molar-refractivity contribution in [3.8, 4) is 11.1 Å². The van der Waals surface area contributed by atoms with Gasteiger partial charge in [-0.25, -0.2) is 12.8 Å². The number of carbonyl (C=O) groups is 2. The highest BCUT2D eigenvalue weighted by molar-refractivity contribution is 7.88. The minimum Gasteiger partial charge on any atom is -0.324 e. The summed E-state index contributed by atoms with van der Waals surface area (Å²) in [5, 5.41) is 2.70. The Morgan fingerprint density at radius 2 is 1.82 bits per heavy atom. The van der Waals surface area contributed by atoms with Crippen LogP contribution in [0.3, 0.4) is 0 Å². The SMILES string of the molecule is CS(=O)(=O)N1CCN2C(=O)c3cc(-c4ccccc4F)ccc3NC(=O)C2C1. The summed E-state index contributed by atoms with van der Waals surface area (Å²) in [5.74, 6) is -1.24. The molecule has 0 aliphatic carbocycles. The molecule has 1 fully saturated rings. The Hall–Kier alpha value is -2.78. The zero-order chi connectivity index (χ0) is 20.1. The van der Waals surface area contributed by atoms with E-state index in [-0.39, 0.29) is 31.1 Å². The van der Waals surface area contributed by atoms with Gasteiger partial charge >= 0.3 is 0 Å². The molecule has 9 heteroatoms. The monoisotopic (exact) mass is 403 g/mol. The van der Waals surface area contributed by atoms with Gasteiger partial charge in [0.2, 0.25) is 15.9 Å². The van der Waals surface area contributed by atoms with Crippen LogP contribution in [0.2, 0.25) is 0 Å². The lowest BCUT2D eigenvalue weighted by Crippen LogP contribution is -2.59. The van der Waals surface area contributed by atoms with E-state index in [1.807, 2.05) is 0 Å². The zero-order valence-electron chi connectivity index (χ0n) is 15.1. The first-order chi connectivity index (χ1) is 13.3. The fraction of sp³-hybridized carbons (Fsp3) is 0.263. The second-order valence-electron chi connectivity index (χ2n) is 6.86. The first-order valence-electron chi connectivity index (χ1n) is 8.71. The van der Waals surface area contributed by atoms with E-state index in [2.05, 4.69) is 5.32 Å². The molecule has 0 bridgehead atoms. The van der Waals surface area contributed by atoms with Crippen molar-refractivity contribution in [1.82, 2.24) is 9.21 Å². The zero-order valence-corrected chi connectivity index (χ0v) is 15.9. The Labute approximate surface area is 161 Å². The Bertz CT molecular complexity index is 1090. The molecular formula is C19H18FN3O4S. The molecule has 2 aliphatic rings. The number of benzene rings is 2. The molecule has 1 unspecified atom stereocenters.